The lowest BCUT2D eigenvalue weighted by Gasteiger charge is -2.27. The van der Waals surface area contributed by atoms with Gasteiger partial charge in [-0.25, -0.2) is 13.6 Å². The summed E-state index contributed by atoms with van der Waals surface area (Å²) in [6.45, 7) is -0.685. The van der Waals surface area contributed by atoms with Crippen LogP contribution in [0.25, 0.3) is 0 Å². The van der Waals surface area contributed by atoms with Gasteiger partial charge in [-0.2, -0.15) is 4.98 Å². The summed E-state index contributed by atoms with van der Waals surface area (Å²) in [6, 6.07) is 0. The molecule has 0 amide bonds. The Morgan fingerprint density at radius 2 is 2.30 bits per heavy atom. The third-order valence-electron chi connectivity index (χ3n) is 3.17. The van der Waals surface area contributed by atoms with E-state index in [1.807, 2.05) is 0 Å². The van der Waals surface area contributed by atoms with Gasteiger partial charge in [-0.3, -0.25) is 4.57 Å². The van der Waals surface area contributed by atoms with Gasteiger partial charge in [0, 0.05) is 5.33 Å². The van der Waals surface area contributed by atoms with E-state index in [9.17, 15) is 23.8 Å². The van der Waals surface area contributed by atoms with E-state index in [-0.39, 0.29) is 5.33 Å². The number of aliphatic hydroxyl groups is 2. The van der Waals surface area contributed by atoms with Crippen LogP contribution in [0.15, 0.2) is 11.0 Å². The number of nitrogen functional groups attached to an aromatic ring is 1. The largest absolute Gasteiger partial charge is 0.393 e. The average Bonchev–Trinajstić information content (AvgIpc) is 2.68. The number of anilines is 1. The first kappa shape index (κ1) is 15.3. The molecule has 0 aliphatic carbocycles. The highest BCUT2D eigenvalue weighted by Gasteiger charge is 2.55. The molecule has 7 nitrogen and oxygen atoms in total. The van der Waals surface area contributed by atoms with Gasteiger partial charge in [0.2, 0.25) is 0 Å². The summed E-state index contributed by atoms with van der Waals surface area (Å²) < 4.78 is 33.2. The molecule has 0 bridgehead atoms. The SMILES string of the molecule is Nc1nc(=O)n([C@@H]2O[C@@](CO)(CBr)[C@@H](O)[C@@H]2F)cc1F. The Kier molecular flexibility index (Phi) is 4.09. The van der Waals surface area contributed by atoms with Crippen LogP contribution in [0, 0.1) is 5.82 Å². The van der Waals surface area contributed by atoms with Gasteiger partial charge in [0.05, 0.1) is 12.8 Å². The van der Waals surface area contributed by atoms with Crippen molar-refractivity contribution in [2.75, 3.05) is 17.7 Å². The third-order valence-corrected chi connectivity index (χ3v) is 4.12. The number of halogens is 3. The van der Waals surface area contributed by atoms with Crippen molar-refractivity contribution in [3.05, 3.63) is 22.5 Å². The molecule has 2 rings (SSSR count). The van der Waals surface area contributed by atoms with Crippen molar-refractivity contribution in [2.24, 2.45) is 0 Å². The van der Waals surface area contributed by atoms with Crippen molar-refractivity contribution in [3.63, 3.8) is 0 Å². The molecule has 0 spiro atoms. The summed E-state index contributed by atoms with van der Waals surface area (Å²) in [4.78, 5) is 14.8. The number of aromatic nitrogens is 2. The van der Waals surface area contributed by atoms with Gasteiger partial charge >= 0.3 is 5.69 Å². The lowest BCUT2D eigenvalue weighted by Crippen LogP contribution is -2.47. The Labute approximate surface area is 120 Å². The summed E-state index contributed by atoms with van der Waals surface area (Å²) in [7, 11) is 0. The monoisotopic (exact) mass is 355 g/mol. The van der Waals surface area contributed by atoms with E-state index < -0.39 is 48.0 Å². The number of alkyl halides is 2. The van der Waals surface area contributed by atoms with Gasteiger partial charge in [0.1, 0.15) is 11.7 Å². The molecule has 1 saturated heterocycles. The Morgan fingerprint density at radius 1 is 1.65 bits per heavy atom. The van der Waals surface area contributed by atoms with E-state index in [4.69, 9.17) is 10.5 Å². The van der Waals surface area contributed by atoms with Crippen LogP contribution in [0.4, 0.5) is 14.6 Å². The molecule has 1 aliphatic rings. The van der Waals surface area contributed by atoms with Crippen molar-refractivity contribution < 1.29 is 23.7 Å². The minimum Gasteiger partial charge on any atom is -0.393 e. The molecule has 1 aromatic heterocycles. The number of rotatable bonds is 3. The maximum absolute atomic E-state index is 14.1. The molecule has 2 heterocycles. The number of aliphatic hydroxyl groups excluding tert-OH is 2. The second-order valence-electron chi connectivity index (χ2n) is 4.42. The second-order valence-corrected chi connectivity index (χ2v) is 4.98. The first-order chi connectivity index (χ1) is 9.36. The lowest BCUT2D eigenvalue weighted by atomic mass is 9.99. The Morgan fingerprint density at radius 3 is 2.80 bits per heavy atom. The van der Waals surface area contributed by atoms with E-state index in [1.54, 1.807) is 0 Å². The lowest BCUT2D eigenvalue weighted by molar-refractivity contribution is -0.113. The van der Waals surface area contributed by atoms with Crippen molar-refractivity contribution in [2.45, 2.75) is 24.1 Å². The number of ether oxygens (including phenoxy) is 1. The topological polar surface area (TPSA) is 111 Å². The molecule has 0 aromatic carbocycles. The highest BCUT2D eigenvalue weighted by molar-refractivity contribution is 9.09. The van der Waals surface area contributed by atoms with Crippen LogP contribution < -0.4 is 11.4 Å². The molecule has 1 fully saturated rings. The first-order valence-electron chi connectivity index (χ1n) is 5.57. The highest BCUT2D eigenvalue weighted by atomic mass is 79.9. The summed E-state index contributed by atoms with van der Waals surface area (Å²) in [6.07, 6.45) is -4.69. The molecular weight excluding hydrogens is 344 g/mol. The fraction of sp³-hybridized carbons (Fsp3) is 0.600. The molecule has 4 atom stereocenters. The van der Waals surface area contributed by atoms with Gasteiger partial charge in [0.15, 0.2) is 24.0 Å². The van der Waals surface area contributed by atoms with E-state index >= 15 is 0 Å². The van der Waals surface area contributed by atoms with Crippen LogP contribution in [0.2, 0.25) is 0 Å². The molecule has 112 valence electrons. The summed E-state index contributed by atoms with van der Waals surface area (Å²) in [5.74, 6) is -1.63. The minimum absolute atomic E-state index is 0.0752. The molecule has 10 heteroatoms. The Balaban J connectivity index is 2.45. The predicted molar refractivity (Wildman–Crippen MR) is 67.5 cm³/mol. The zero-order chi connectivity index (χ0) is 15.1. The summed E-state index contributed by atoms with van der Waals surface area (Å²) in [5, 5.41) is 19.0. The first-order valence-corrected chi connectivity index (χ1v) is 6.69. The normalized spacial score (nSPS) is 33.5. The average molecular weight is 356 g/mol. The van der Waals surface area contributed by atoms with Crippen molar-refractivity contribution in [1.82, 2.24) is 9.55 Å². The quantitative estimate of drug-likeness (QED) is 0.619. The number of nitrogens with two attached hydrogens (primary N) is 1. The van der Waals surface area contributed by atoms with Crippen LogP contribution in [0.5, 0.6) is 0 Å². The second kappa shape index (κ2) is 5.35. The third kappa shape index (κ3) is 2.22. The Bertz CT molecular complexity index is 566. The van der Waals surface area contributed by atoms with Gasteiger partial charge in [0.25, 0.3) is 0 Å². The van der Waals surface area contributed by atoms with Crippen LogP contribution in [-0.4, -0.2) is 49.6 Å². The standard InChI is InChI=1S/C10H12BrF2N3O4/c11-2-10(3-17)6(18)5(13)8(20-10)16-1-4(12)7(14)15-9(16)19/h1,5-6,8,17-18H,2-3H2,(H2,14,15,19)/t5-,6-,8+,10+/m0/s1. The fourth-order valence-corrected chi connectivity index (χ4v) is 2.60. The zero-order valence-electron chi connectivity index (χ0n) is 10.0. The highest BCUT2D eigenvalue weighted by Crippen LogP contribution is 2.39. The maximum Gasteiger partial charge on any atom is 0.351 e. The molecule has 20 heavy (non-hydrogen) atoms. The van der Waals surface area contributed by atoms with Crippen LogP contribution in [0.1, 0.15) is 6.23 Å². The van der Waals surface area contributed by atoms with Crippen molar-refractivity contribution in [1.29, 1.82) is 0 Å². The van der Waals surface area contributed by atoms with E-state index in [1.165, 1.54) is 0 Å². The summed E-state index contributed by atoms with van der Waals surface area (Å²) in [5.41, 5.74) is 2.48. The zero-order valence-corrected chi connectivity index (χ0v) is 11.6. The van der Waals surface area contributed by atoms with Gasteiger partial charge < -0.3 is 20.7 Å². The van der Waals surface area contributed by atoms with E-state index in [0.717, 1.165) is 0 Å². The number of hydrogen-bond acceptors (Lipinski definition) is 6. The Hall–Kier alpha value is -1.10. The molecule has 0 saturated carbocycles. The fourth-order valence-electron chi connectivity index (χ4n) is 1.96. The molecule has 0 radical (unpaired) electrons. The molecule has 1 aliphatic heterocycles. The molecule has 0 unspecified atom stereocenters. The smallest absolute Gasteiger partial charge is 0.351 e. The summed E-state index contributed by atoms with van der Waals surface area (Å²) >= 11 is 3.00. The van der Waals surface area contributed by atoms with Gasteiger partial charge in [-0.05, 0) is 0 Å². The van der Waals surface area contributed by atoms with Crippen LogP contribution in [-0.2, 0) is 4.74 Å². The number of hydrogen-bond donors (Lipinski definition) is 3. The molecular formula is C10H12BrF2N3O4. The minimum atomic E-state index is -2.04. The van der Waals surface area contributed by atoms with E-state index in [2.05, 4.69) is 20.9 Å². The van der Waals surface area contributed by atoms with Crippen LogP contribution in [0.3, 0.4) is 0 Å². The molecule has 4 N–H and O–H groups in total. The van der Waals surface area contributed by atoms with Gasteiger partial charge in [-0.15, -0.1) is 0 Å². The van der Waals surface area contributed by atoms with Crippen molar-refractivity contribution in [3.8, 4) is 0 Å². The van der Waals surface area contributed by atoms with E-state index in [0.29, 0.717) is 10.8 Å². The van der Waals surface area contributed by atoms with Crippen molar-refractivity contribution >= 4 is 21.7 Å². The van der Waals surface area contributed by atoms with Gasteiger partial charge in [-0.1, -0.05) is 15.9 Å². The predicted octanol–water partition coefficient (Wildman–Crippen LogP) is -0.682. The maximum atomic E-state index is 14.1. The number of nitrogens with zero attached hydrogens (tertiary/aromatic N) is 2. The molecule has 1 aromatic rings. The van der Waals surface area contributed by atoms with Crippen LogP contribution >= 0.6 is 15.9 Å².